The number of nitrogens with two attached hydrogens (primary N) is 1. The van der Waals surface area contributed by atoms with Crippen LogP contribution < -0.4 is 5.73 Å². The topological polar surface area (TPSA) is 46.2 Å². The molecule has 0 aliphatic heterocycles. The molecule has 0 radical (unpaired) electrons. The minimum Gasteiger partial charge on any atom is -0.395 e. The summed E-state index contributed by atoms with van der Waals surface area (Å²) in [5.41, 5.74) is 5.87. The van der Waals surface area contributed by atoms with Gasteiger partial charge in [-0.15, -0.1) is 0 Å². The number of benzene rings is 2. The van der Waals surface area contributed by atoms with E-state index in [4.69, 9.17) is 5.73 Å². The summed E-state index contributed by atoms with van der Waals surface area (Å²) >= 11 is 0. The molecule has 4 heteroatoms. The van der Waals surface area contributed by atoms with Crippen LogP contribution in [0.1, 0.15) is 11.1 Å². The van der Waals surface area contributed by atoms with Crippen LogP contribution in [0.3, 0.4) is 0 Å². The maximum absolute atomic E-state index is 14.0. The second-order valence-electron chi connectivity index (χ2n) is 4.93. The van der Waals surface area contributed by atoms with E-state index in [-0.39, 0.29) is 25.4 Å². The Morgan fingerprint density at radius 1 is 1.05 bits per heavy atom. The molecule has 2 rings (SSSR count). The van der Waals surface area contributed by atoms with Crippen LogP contribution in [0.15, 0.2) is 48.5 Å². The van der Waals surface area contributed by atoms with Crippen molar-refractivity contribution in [2.24, 2.45) is 5.73 Å². The van der Waals surface area contributed by atoms with Crippen LogP contribution in [0.5, 0.6) is 0 Å². The molecule has 0 aromatic heterocycles. The molecule has 2 aromatic rings. The molecule has 2 aromatic carbocycles. The summed E-state index contributed by atoms with van der Waals surface area (Å²) < 4.78 is 27.3. The van der Waals surface area contributed by atoms with Gasteiger partial charge in [0.15, 0.2) is 0 Å². The van der Waals surface area contributed by atoms with Crippen molar-refractivity contribution in [3.8, 4) is 0 Å². The maximum atomic E-state index is 14.0. The van der Waals surface area contributed by atoms with E-state index < -0.39 is 11.2 Å². The van der Waals surface area contributed by atoms with Crippen molar-refractivity contribution in [2.45, 2.75) is 11.8 Å². The summed E-state index contributed by atoms with van der Waals surface area (Å²) in [7, 11) is 0. The van der Waals surface area contributed by atoms with Crippen molar-refractivity contribution in [1.29, 1.82) is 0 Å². The minimum absolute atomic E-state index is 0.0704. The van der Waals surface area contributed by atoms with Crippen LogP contribution in [0.2, 0.25) is 0 Å². The molecule has 106 valence electrons. The van der Waals surface area contributed by atoms with E-state index in [2.05, 4.69) is 0 Å². The Bertz CT molecular complexity index is 582. The van der Waals surface area contributed by atoms with Gasteiger partial charge in [-0.3, -0.25) is 0 Å². The van der Waals surface area contributed by atoms with E-state index in [0.717, 1.165) is 0 Å². The van der Waals surface area contributed by atoms with Crippen LogP contribution in [-0.2, 0) is 11.8 Å². The smallest absolute Gasteiger partial charge is 0.127 e. The second-order valence-corrected chi connectivity index (χ2v) is 4.93. The van der Waals surface area contributed by atoms with Gasteiger partial charge in [0.1, 0.15) is 11.6 Å². The molecular weight excluding hydrogens is 260 g/mol. The second kappa shape index (κ2) is 6.11. The lowest BCUT2D eigenvalue weighted by Crippen LogP contribution is -2.41. The Labute approximate surface area is 116 Å². The van der Waals surface area contributed by atoms with Gasteiger partial charge in [0.05, 0.1) is 6.61 Å². The molecule has 2 nitrogen and oxygen atoms in total. The van der Waals surface area contributed by atoms with E-state index in [1.807, 2.05) is 0 Å². The Morgan fingerprint density at radius 3 is 2.40 bits per heavy atom. The molecule has 0 aliphatic carbocycles. The zero-order chi connectivity index (χ0) is 14.6. The van der Waals surface area contributed by atoms with Gasteiger partial charge in [0.25, 0.3) is 0 Å². The van der Waals surface area contributed by atoms with Gasteiger partial charge >= 0.3 is 0 Å². The first kappa shape index (κ1) is 14.6. The predicted molar refractivity (Wildman–Crippen MR) is 74.3 cm³/mol. The van der Waals surface area contributed by atoms with Gasteiger partial charge in [-0.2, -0.15) is 0 Å². The third-order valence-corrected chi connectivity index (χ3v) is 3.57. The number of hydrogen-bond acceptors (Lipinski definition) is 2. The fourth-order valence-corrected chi connectivity index (χ4v) is 2.41. The lowest BCUT2D eigenvalue weighted by atomic mass is 9.76. The van der Waals surface area contributed by atoms with Crippen molar-refractivity contribution >= 4 is 0 Å². The monoisotopic (exact) mass is 277 g/mol. The highest BCUT2D eigenvalue weighted by molar-refractivity contribution is 5.32. The van der Waals surface area contributed by atoms with Gasteiger partial charge in [-0.1, -0.05) is 30.3 Å². The lowest BCUT2D eigenvalue weighted by Gasteiger charge is -2.31. The molecule has 0 aliphatic rings. The lowest BCUT2D eigenvalue weighted by molar-refractivity contribution is 0.192. The van der Waals surface area contributed by atoms with Gasteiger partial charge in [0.2, 0.25) is 0 Å². The number of hydrogen-bond donors (Lipinski definition) is 2. The largest absolute Gasteiger partial charge is 0.395 e. The molecule has 0 fully saturated rings. The molecule has 0 heterocycles. The normalized spacial score (nSPS) is 14.0. The van der Waals surface area contributed by atoms with Crippen molar-refractivity contribution < 1.29 is 13.9 Å². The van der Waals surface area contributed by atoms with Crippen LogP contribution in [0, 0.1) is 11.6 Å². The standard InChI is InChI=1S/C16H17F2NO/c17-13-5-3-4-12(8-13)9-16(10-19,11-20)14-6-1-2-7-15(14)18/h1-8,20H,9-11,19H2. The SMILES string of the molecule is NCC(CO)(Cc1cccc(F)c1)c1ccccc1F. The number of rotatable bonds is 5. The summed E-state index contributed by atoms with van der Waals surface area (Å²) in [4.78, 5) is 0. The third kappa shape index (κ3) is 2.86. The average Bonchev–Trinajstić information content (AvgIpc) is 2.46. The predicted octanol–water partition coefficient (Wildman–Crippen LogP) is 2.40. The van der Waals surface area contributed by atoms with Crippen LogP contribution in [0.4, 0.5) is 8.78 Å². The van der Waals surface area contributed by atoms with Gasteiger partial charge in [0, 0.05) is 12.0 Å². The van der Waals surface area contributed by atoms with Crippen LogP contribution in [-0.4, -0.2) is 18.3 Å². The van der Waals surface area contributed by atoms with Crippen LogP contribution in [0.25, 0.3) is 0 Å². The molecule has 20 heavy (non-hydrogen) atoms. The first-order chi connectivity index (χ1) is 9.61. The van der Waals surface area contributed by atoms with Crippen molar-refractivity contribution in [3.63, 3.8) is 0 Å². The summed E-state index contributed by atoms with van der Waals surface area (Å²) in [6.45, 7) is -0.234. The molecule has 0 spiro atoms. The molecule has 0 bridgehead atoms. The highest BCUT2D eigenvalue weighted by Gasteiger charge is 2.33. The first-order valence-electron chi connectivity index (χ1n) is 6.42. The Morgan fingerprint density at radius 2 is 1.80 bits per heavy atom. The quantitative estimate of drug-likeness (QED) is 0.881. The fraction of sp³-hybridized carbons (Fsp3) is 0.250. The summed E-state index contributed by atoms with van der Waals surface area (Å²) in [5, 5.41) is 9.74. The molecule has 3 N–H and O–H groups in total. The van der Waals surface area contributed by atoms with Crippen molar-refractivity contribution in [1.82, 2.24) is 0 Å². The Balaban J connectivity index is 2.42. The molecule has 0 saturated carbocycles. The van der Waals surface area contributed by atoms with E-state index in [1.165, 1.54) is 18.2 Å². The molecule has 1 atom stereocenters. The molecule has 1 unspecified atom stereocenters. The zero-order valence-corrected chi connectivity index (χ0v) is 11.0. The highest BCUT2D eigenvalue weighted by atomic mass is 19.1. The maximum Gasteiger partial charge on any atom is 0.127 e. The van der Waals surface area contributed by atoms with E-state index in [0.29, 0.717) is 11.1 Å². The average molecular weight is 277 g/mol. The summed E-state index contributed by atoms with van der Waals surface area (Å²) in [6, 6.07) is 12.3. The number of halogens is 2. The third-order valence-electron chi connectivity index (χ3n) is 3.57. The van der Waals surface area contributed by atoms with Gasteiger partial charge < -0.3 is 10.8 Å². The summed E-state index contributed by atoms with van der Waals surface area (Å²) in [5.74, 6) is -0.775. The number of aliphatic hydroxyl groups is 1. The van der Waals surface area contributed by atoms with Gasteiger partial charge in [-0.25, -0.2) is 8.78 Å². The highest BCUT2D eigenvalue weighted by Crippen LogP contribution is 2.29. The summed E-state index contributed by atoms with van der Waals surface area (Å²) in [6.07, 6.45) is 0.276. The van der Waals surface area contributed by atoms with E-state index in [9.17, 15) is 13.9 Å². The van der Waals surface area contributed by atoms with E-state index >= 15 is 0 Å². The Hall–Kier alpha value is -1.78. The minimum atomic E-state index is -0.945. The zero-order valence-electron chi connectivity index (χ0n) is 11.0. The fourth-order valence-electron chi connectivity index (χ4n) is 2.41. The van der Waals surface area contributed by atoms with Gasteiger partial charge in [-0.05, 0) is 35.7 Å². The van der Waals surface area contributed by atoms with Crippen LogP contribution >= 0.6 is 0 Å². The number of aliphatic hydroxyl groups excluding tert-OH is 1. The molecule has 0 amide bonds. The van der Waals surface area contributed by atoms with E-state index in [1.54, 1.807) is 30.3 Å². The first-order valence-corrected chi connectivity index (χ1v) is 6.42. The molecule has 0 saturated heterocycles. The Kier molecular flexibility index (Phi) is 4.47. The molecular formula is C16H17F2NO. The van der Waals surface area contributed by atoms with Crippen molar-refractivity contribution in [2.75, 3.05) is 13.2 Å². The van der Waals surface area contributed by atoms with Crippen molar-refractivity contribution in [3.05, 3.63) is 71.3 Å².